The zero-order valence-corrected chi connectivity index (χ0v) is 16.2. The van der Waals surface area contributed by atoms with Crippen LogP contribution in [0.2, 0.25) is 0 Å². The van der Waals surface area contributed by atoms with E-state index < -0.39 is 11.2 Å². The zero-order chi connectivity index (χ0) is 19.2. The molecule has 0 bridgehead atoms. The van der Waals surface area contributed by atoms with E-state index in [-0.39, 0.29) is 11.5 Å². The summed E-state index contributed by atoms with van der Waals surface area (Å²) in [7, 11) is 4.73. The van der Waals surface area contributed by atoms with Gasteiger partial charge in [-0.15, -0.1) is 0 Å². The lowest BCUT2D eigenvalue weighted by Gasteiger charge is -2.05. The van der Waals surface area contributed by atoms with Gasteiger partial charge in [-0.1, -0.05) is 23.9 Å². The van der Waals surface area contributed by atoms with Crippen molar-refractivity contribution in [1.82, 2.24) is 18.7 Å². The van der Waals surface area contributed by atoms with E-state index in [4.69, 9.17) is 0 Å². The van der Waals surface area contributed by atoms with E-state index in [0.29, 0.717) is 21.9 Å². The van der Waals surface area contributed by atoms with Gasteiger partial charge in [0.05, 0.1) is 5.75 Å². The van der Waals surface area contributed by atoms with Crippen molar-refractivity contribution in [2.24, 2.45) is 21.1 Å². The maximum atomic E-state index is 12.5. The number of hydrogen-bond acceptors (Lipinski definition) is 5. The maximum absolute atomic E-state index is 12.5. The minimum absolute atomic E-state index is 0.00746. The average molecular weight is 372 g/mol. The third-order valence-corrected chi connectivity index (χ3v) is 5.63. The minimum Gasteiger partial charge on any atom is -0.316 e. The smallest absolute Gasteiger partial charge is 0.316 e. The number of rotatable bonds is 4. The summed E-state index contributed by atoms with van der Waals surface area (Å²) in [5.74, 6) is 0.195. The SMILES string of the molecule is Cc1ccc(C(=O)CSc2nc3c(c(=O)n(C)c(=O)n3C)n2C)cc1C. The van der Waals surface area contributed by atoms with Gasteiger partial charge < -0.3 is 4.57 Å². The quantitative estimate of drug-likeness (QED) is 0.513. The Morgan fingerprint density at radius 3 is 2.38 bits per heavy atom. The number of thioether (sulfide) groups is 1. The lowest BCUT2D eigenvalue weighted by Crippen LogP contribution is -2.37. The van der Waals surface area contributed by atoms with Gasteiger partial charge in [0.2, 0.25) is 0 Å². The van der Waals surface area contributed by atoms with Gasteiger partial charge in [0.15, 0.2) is 22.1 Å². The first kappa shape index (κ1) is 18.2. The first-order valence-electron chi connectivity index (χ1n) is 8.08. The van der Waals surface area contributed by atoms with Crippen molar-refractivity contribution in [3.8, 4) is 0 Å². The van der Waals surface area contributed by atoms with Gasteiger partial charge in [-0.2, -0.15) is 0 Å². The molecule has 3 rings (SSSR count). The van der Waals surface area contributed by atoms with Crippen LogP contribution in [0.5, 0.6) is 0 Å². The standard InChI is InChI=1S/C18H20N4O3S/c1-10-6-7-12(8-11(10)2)13(23)9-26-17-19-15-14(20(17)3)16(24)22(5)18(25)21(15)4/h6-8H,9H2,1-5H3. The van der Waals surface area contributed by atoms with Crippen molar-refractivity contribution in [3.05, 3.63) is 55.7 Å². The highest BCUT2D eigenvalue weighted by Crippen LogP contribution is 2.21. The maximum Gasteiger partial charge on any atom is 0.332 e. The summed E-state index contributed by atoms with van der Waals surface area (Å²) in [6.07, 6.45) is 0. The van der Waals surface area contributed by atoms with Gasteiger partial charge in [0, 0.05) is 26.7 Å². The van der Waals surface area contributed by atoms with E-state index in [0.717, 1.165) is 15.7 Å². The topological polar surface area (TPSA) is 78.9 Å². The van der Waals surface area contributed by atoms with E-state index in [1.165, 1.54) is 23.4 Å². The van der Waals surface area contributed by atoms with Crippen molar-refractivity contribution >= 4 is 28.7 Å². The molecule has 26 heavy (non-hydrogen) atoms. The van der Waals surface area contributed by atoms with Crippen LogP contribution in [0.1, 0.15) is 21.5 Å². The molecular weight excluding hydrogens is 352 g/mol. The molecule has 0 atom stereocenters. The fourth-order valence-corrected chi connectivity index (χ4v) is 3.62. The van der Waals surface area contributed by atoms with E-state index >= 15 is 0 Å². The predicted octanol–water partition coefficient (Wildman–Crippen LogP) is 1.56. The first-order valence-corrected chi connectivity index (χ1v) is 9.06. The highest BCUT2D eigenvalue weighted by molar-refractivity contribution is 7.99. The second-order valence-electron chi connectivity index (χ2n) is 6.34. The summed E-state index contributed by atoms with van der Waals surface area (Å²) in [5.41, 5.74) is 2.71. The second kappa shape index (κ2) is 6.60. The van der Waals surface area contributed by atoms with Crippen LogP contribution in [-0.2, 0) is 21.1 Å². The summed E-state index contributed by atoms with van der Waals surface area (Å²) in [6, 6.07) is 5.63. The van der Waals surface area contributed by atoms with Crippen LogP contribution in [0.25, 0.3) is 11.2 Å². The highest BCUT2D eigenvalue weighted by Gasteiger charge is 2.18. The molecule has 0 amide bonds. The number of aromatic nitrogens is 4. The molecule has 8 heteroatoms. The summed E-state index contributed by atoms with van der Waals surface area (Å²) in [6.45, 7) is 3.98. The van der Waals surface area contributed by atoms with Crippen LogP contribution in [0, 0.1) is 13.8 Å². The number of ketones is 1. The Labute approximate surface area is 154 Å². The molecule has 2 aromatic heterocycles. The molecule has 0 saturated carbocycles. The molecule has 0 radical (unpaired) electrons. The highest BCUT2D eigenvalue weighted by atomic mass is 32.2. The summed E-state index contributed by atoms with van der Waals surface area (Å²) in [4.78, 5) is 41.3. The number of Topliss-reactive ketones (excluding diaryl/α,β-unsaturated/α-hetero) is 1. The Morgan fingerprint density at radius 1 is 1.04 bits per heavy atom. The third kappa shape index (κ3) is 2.90. The van der Waals surface area contributed by atoms with Crippen molar-refractivity contribution in [3.63, 3.8) is 0 Å². The fourth-order valence-electron chi connectivity index (χ4n) is 2.76. The third-order valence-electron chi connectivity index (χ3n) is 4.60. The molecule has 0 N–H and O–H groups in total. The molecular formula is C18H20N4O3S. The van der Waals surface area contributed by atoms with Gasteiger partial charge in [-0.25, -0.2) is 9.78 Å². The van der Waals surface area contributed by atoms with Crippen molar-refractivity contribution in [2.75, 3.05) is 5.75 Å². The van der Waals surface area contributed by atoms with Gasteiger partial charge in [0.25, 0.3) is 5.56 Å². The van der Waals surface area contributed by atoms with Gasteiger partial charge >= 0.3 is 5.69 Å². The van der Waals surface area contributed by atoms with Crippen LogP contribution < -0.4 is 11.2 Å². The van der Waals surface area contributed by atoms with E-state index in [2.05, 4.69) is 4.98 Å². The van der Waals surface area contributed by atoms with E-state index in [1.54, 1.807) is 18.7 Å². The number of carbonyl (C=O) groups excluding carboxylic acids is 1. The van der Waals surface area contributed by atoms with Gasteiger partial charge in [-0.05, 0) is 31.0 Å². The lowest BCUT2D eigenvalue weighted by molar-refractivity contribution is 0.102. The largest absolute Gasteiger partial charge is 0.332 e. The average Bonchev–Trinajstić information content (AvgIpc) is 2.95. The Balaban J connectivity index is 1.93. The Bertz CT molecular complexity index is 1150. The molecule has 0 aliphatic carbocycles. The predicted molar refractivity (Wildman–Crippen MR) is 102 cm³/mol. The van der Waals surface area contributed by atoms with Crippen LogP contribution in [-0.4, -0.2) is 30.2 Å². The number of fused-ring (bicyclic) bond motifs is 1. The molecule has 0 fully saturated rings. The Hall–Kier alpha value is -2.61. The van der Waals surface area contributed by atoms with Gasteiger partial charge in [-0.3, -0.25) is 18.7 Å². The molecule has 0 aliphatic rings. The minimum atomic E-state index is -0.427. The molecule has 1 aromatic carbocycles. The normalized spacial score (nSPS) is 11.3. The molecule has 7 nitrogen and oxygen atoms in total. The second-order valence-corrected chi connectivity index (χ2v) is 7.28. The molecule has 0 spiro atoms. The molecule has 0 unspecified atom stereocenters. The molecule has 0 saturated heterocycles. The number of hydrogen-bond donors (Lipinski definition) is 0. The van der Waals surface area contributed by atoms with Gasteiger partial charge in [0.1, 0.15) is 0 Å². The molecule has 3 aromatic rings. The summed E-state index contributed by atoms with van der Waals surface area (Å²) >= 11 is 1.25. The summed E-state index contributed by atoms with van der Waals surface area (Å²) < 4.78 is 4.03. The fraction of sp³-hybridized carbons (Fsp3) is 0.333. The van der Waals surface area contributed by atoms with E-state index in [1.807, 2.05) is 32.0 Å². The van der Waals surface area contributed by atoms with Crippen molar-refractivity contribution in [2.45, 2.75) is 19.0 Å². The molecule has 2 heterocycles. The first-order chi connectivity index (χ1) is 12.2. The van der Waals surface area contributed by atoms with E-state index in [9.17, 15) is 14.4 Å². The van der Waals surface area contributed by atoms with Crippen LogP contribution in [0.15, 0.2) is 32.9 Å². The number of aryl methyl sites for hydroxylation is 4. The number of nitrogens with zero attached hydrogens (tertiary/aromatic N) is 4. The molecule has 0 aliphatic heterocycles. The number of imidazole rings is 1. The lowest BCUT2D eigenvalue weighted by atomic mass is 10.0. The van der Waals surface area contributed by atoms with Crippen LogP contribution in [0.4, 0.5) is 0 Å². The zero-order valence-electron chi connectivity index (χ0n) is 15.4. The number of benzene rings is 1. The van der Waals surface area contributed by atoms with Crippen molar-refractivity contribution < 1.29 is 4.79 Å². The van der Waals surface area contributed by atoms with Crippen LogP contribution >= 0.6 is 11.8 Å². The Morgan fingerprint density at radius 2 is 1.73 bits per heavy atom. The Kier molecular flexibility index (Phi) is 4.62. The molecule has 136 valence electrons. The summed E-state index contributed by atoms with van der Waals surface area (Å²) in [5, 5.41) is 0.524. The van der Waals surface area contributed by atoms with Crippen molar-refractivity contribution in [1.29, 1.82) is 0 Å². The van der Waals surface area contributed by atoms with Crippen LogP contribution in [0.3, 0.4) is 0 Å². The monoisotopic (exact) mass is 372 g/mol. The number of carbonyl (C=O) groups is 1.